The Labute approximate surface area is 174 Å². The van der Waals surface area contributed by atoms with Crippen LogP contribution in [0.1, 0.15) is 39.0 Å². The summed E-state index contributed by atoms with van der Waals surface area (Å²) in [4.78, 5) is 27.4. The van der Waals surface area contributed by atoms with E-state index < -0.39 is 38.0 Å². The van der Waals surface area contributed by atoms with Crippen LogP contribution in [-0.2, 0) is 19.4 Å². The van der Waals surface area contributed by atoms with Gasteiger partial charge >= 0.3 is 0 Å². The highest BCUT2D eigenvalue weighted by molar-refractivity contribution is 7.92. The summed E-state index contributed by atoms with van der Waals surface area (Å²) >= 11 is 6.11. The number of carbonyl (C=O) groups is 2. The fourth-order valence-electron chi connectivity index (χ4n) is 3.81. The van der Waals surface area contributed by atoms with Crippen LogP contribution in [0, 0.1) is 16.7 Å². The van der Waals surface area contributed by atoms with Gasteiger partial charge in [0.1, 0.15) is 11.6 Å². The first kappa shape index (κ1) is 20.2. The van der Waals surface area contributed by atoms with E-state index in [2.05, 4.69) is 11.4 Å². The zero-order valence-electron chi connectivity index (χ0n) is 16.0. The minimum absolute atomic E-state index is 0.00782. The highest BCUT2D eigenvalue weighted by Crippen LogP contribution is 2.48. The lowest BCUT2D eigenvalue weighted by atomic mass is 10.1. The molecule has 1 saturated heterocycles. The summed E-state index contributed by atoms with van der Waals surface area (Å²) < 4.78 is 26.4. The Hall–Kier alpha value is -2.11. The number of hydrogen-bond donors (Lipinski definition) is 1. The number of hydrogen-bond acceptors (Lipinski definition) is 5. The second kappa shape index (κ2) is 6.71. The number of nitrogens with zero attached hydrogens (tertiary/aromatic N) is 2. The maximum absolute atomic E-state index is 13.2. The van der Waals surface area contributed by atoms with Crippen molar-refractivity contribution in [2.24, 2.45) is 5.41 Å². The molecular weight excluding hydrogens is 414 g/mol. The summed E-state index contributed by atoms with van der Waals surface area (Å²) in [7, 11) is -3.83. The molecule has 0 unspecified atom stereocenters. The normalized spacial score (nSPS) is 26.4. The van der Waals surface area contributed by atoms with Crippen LogP contribution in [-0.4, -0.2) is 48.5 Å². The minimum Gasteiger partial charge on any atom is -0.336 e. The molecule has 9 heteroatoms. The lowest BCUT2D eigenvalue weighted by Crippen LogP contribution is -2.50. The van der Waals surface area contributed by atoms with E-state index in [0.29, 0.717) is 12.8 Å². The summed E-state index contributed by atoms with van der Waals surface area (Å²) in [5.74, 6) is -0.658. The van der Waals surface area contributed by atoms with Crippen LogP contribution >= 0.6 is 11.6 Å². The Morgan fingerprint density at radius 2 is 1.90 bits per heavy atom. The second-order valence-corrected chi connectivity index (χ2v) is 11.2. The zero-order valence-corrected chi connectivity index (χ0v) is 17.6. The van der Waals surface area contributed by atoms with Gasteiger partial charge in [0.05, 0.1) is 21.2 Å². The van der Waals surface area contributed by atoms with Gasteiger partial charge in [-0.1, -0.05) is 30.7 Å². The Balaban J connectivity index is 1.63. The number of likely N-dealkylation sites (tertiary alicyclic amines) is 1. The molecule has 2 saturated carbocycles. The fraction of sp³-hybridized carbons (Fsp3) is 0.550. The molecule has 0 spiro atoms. The number of nitriles is 1. The van der Waals surface area contributed by atoms with Crippen molar-refractivity contribution in [3.8, 4) is 6.07 Å². The van der Waals surface area contributed by atoms with Crippen molar-refractivity contribution >= 4 is 33.3 Å². The van der Waals surface area contributed by atoms with Gasteiger partial charge in [-0.25, -0.2) is 8.42 Å². The van der Waals surface area contributed by atoms with Gasteiger partial charge in [-0.3, -0.25) is 9.59 Å². The summed E-state index contributed by atoms with van der Waals surface area (Å²) in [5, 5.41) is 11.2. The number of sulfone groups is 1. The summed E-state index contributed by atoms with van der Waals surface area (Å²) in [6.07, 6.45) is 2.56. The van der Waals surface area contributed by atoms with Gasteiger partial charge in [0.25, 0.3) is 0 Å². The van der Waals surface area contributed by atoms with Gasteiger partial charge in [-0.15, -0.1) is 0 Å². The molecule has 2 amide bonds. The van der Waals surface area contributed by atoms with E-state index in [0.717, 1.165) is 12.8 Å². The molecule has 3 fully saturated rings. The van der Waals surface area contributed by atoms with E-state index in [1.165, 1.54) is 17.0 Å². The Morgan fingerprint density at radius 1 is 1.24 bits per heavy atom. The zero-order chi connectivity index (χ0) is 21.0. The summed E-state index contributed by atoms with van der Waals surface area (Å²) in [6, 6.07) is 7.37. The molecule has 1 heterocycles. The van der Waals surface area contributed by atoms with Crippen LogP contribution < -0.4 is 5.32 Å². The molecule has 1 aromatic carbocycles. The molecule has 1 aromatic rings. The van der Waals surface area contributed by atoms with E-state index >= 15 is 0 Å². The molecule has 1 aliphatic heterocycles. The van der Waals surface area contributed by atoms with Gasteiger partial charge in [0.2, 0.25) is 11.8 Å². The third-order valence-corrected chi connectivity index (χ3v) is 8.88. The topological polar surface area (TPSA) is 107 Å². The molecule has 0 radical (unpaired) electrons. The third kappa shape index (κ3) is 3.51. The molecule has 7 nitrogen and oxygen atoms in total. The van der Waals surface area contributed by atoms with Gasteiger partial charge in [0, 0.05) is 12.0 Å². The van der Waals surface area contributed by atoms with Crippen molar-refractivity contribution in [3.05, 3.63) is 29.3 Å². The lowest BCUT2D eigenvalue weighted by Gasteiger charge is -2.27. The van der Waals surface area contributed by atoms with Gasteiger partial charge in [0.15, 0.2) is 9.84 Å². The first-order valence-corrected chi connectivity index (χ1v) is 11.6. The van der Waals surface area contributed by atoms with E-state index in [1.807, 2.05) is 6.92 Å². The largest absolute Gasteiger partial charge is 0.336 e. The summed E-state index contributed by atoms with van der Waals surface area (Å²) in [6.45, 7) is 1.78. The van der Waals surface area contributed by atoms with Crippen molar-refractivity contribution in [1.82, 2.24) is 10.2 Å². The average Bonchev–Trinajstić information content (AvgIpc) is 3.58. The summed E-state index contributed by atoms with van der Waals surface area (Å²) in [5.41, 5.74) is -1.41. The van der Waals surface area contributed by atoms with Crippen molar-refractivity contribution in [1.29, 1.82) is 5.26 Å². The minimum atomic E-state index is -3.83. The van der Waals surface area contributed by atoms with Crippen molar-refractivity contribution in [2.45, 2.75) is 60.8 Å². The fourth-order valence-corrected chi connectivity index (χ4v) is 6.03. The predicted octanol–water partition coefficient (Wildman–Crippen LogP) is 2.06. The van der Waals surface area contributed by atoms with Gasteiger partial charge in [-0.2, -0.15) is 5.26 Å². The smallest absolute Gasteiger partial charge is 0.244 e. The maximum Gasteiger partial charge on any atom is 0.244 e. The molecule has 29 heavy (non-hydrogen) atoms. The predicted molar refractivity (Wildman–Crippen MR) is 106 cm³/mol. The SMILES string of the molecule is CC1(C(=O)N2C[C@H](S(=O)(=O)c3ccccc3Cl)C[C@H]2C(=O)NC2(C#N)CC2)CC1. The third-order valence-electron chi connectivity index (χ3n) is 6.25. The Bertz CT molecular complexity index is 1020. The van der Waals surface area contributed by atoms with Crippen LogP contribution in [0.5, 0.6) is 0 Å². The van der Waals surface area contributed by atoms with Crippen LogP contribution in [0.2, 0.25) is 5.02 Å². The maximum atomic E-state index is 13.2. The number of rotatable bonds is 5. The number of benzene rings is 1. The standard InChI is InChI=1S/C20H22ClN3O4S/c1-19(6-7-19)18(26)24-11-13(29(27,28)16-5-3-2-4-14(16)21)10-15(24)17(25)23-20(12-22)8-9-20/h2-5,13,15H,6-11H2,1H3,(H,23,25)/t13-,15+/m1/s1. The molecule has 4 rings (SSSR count). The van der Waals surface area contributed by atoms with Crippen molar-refractivity contribution in [3.63, 3.8) is 0 Å². The van der Waals surface area contributed by atoms with Crippen molar-refractivity contribution in [2.75, 3.05) is 6.54 Å². The first-order valence-electron chi connectivity index (χ1n) is 9.65. The molecule has 2 aliphatic carbocycles. The average molecular weight is 436 g/mol. The molecule has 2 atom stereocenters. The van der Waals surface area contributed by atoms with Crippen LogP contribution in [0.15, 0.2) is 29.2 Å². The first-order chi connectivity index (χ1) is 13.6. The van der Waals surface area contributed by atoms with Gasteiger partial charge < -0.3 is 10.2 Å². The van der Waals surface area contributed by atoms with Crippen molar-refractivity contribution < 1.29 is 18.0 Å². The van der Waals surface area contributed by atoms with E-state index in [9.17, 15) is 23.3 Å². The highest BCUT2D eigenvalue weighted by atomic mass is 35.5. The number of nitrogens with one attached hydrogen (secondary N) is 1. The van der Waals surface area contributed by atoms with E-state index in [4.69, 9.17) is 11.6 Å². The quantitative estimate of drug-likeness (QED) is 0.761. The molecule has 0 bridgehead atoms. The Morgan fingerprint density at radius 3 is 2.45 bits per heavy atom. The van der Waals surface area contributed by atoms with E-state index in [1.54, 1.807) is 12.1 Å². The number of halogens is 1. The van der Waals surface area contributed by atoms with Crippen LogP contribution in [0.4, 0.5) is 0 Å². The highest BCUT2D eigenvalue weighted by Gasteiger charge is 2.55. The lowest BCUT2D eigenvalue weighted by molar-refractivity contribution is -0.142. The number of amides is 2. The molecule has 1 N–H and O–H groups in total. The molecule has 154 valence electrons. The van der Waals surface area contributed by atoms with E-state index in [-0.39, 0.29) is 28.8 Å². The van der Waals surface area contributed by atoms with Crippen LogP contribution in [0.3, 0.4) is 0 Å². The van der Waals surface area contributed by atoms with Crippen LogP contribution in [0.25, 0.3) is 0 Å². The molecule has 0 aromatic heterocycles. The number of carbonyl (C=O) groups excluding carboxylic acids is 2. The monoisotopic (exact) mass is 435 g/mol. The Kier molecular flexibility index (Phi) is 4.67. The molecule has 3 aliphatic rings. The second-order valence-electron chi connectivity index (χ2n) is 8.55. The molecular formula is C20H22ClN3O4S. The van der Waals surface area contributed by atoms with Gasteiger partial charge in [-0.05, 0) is 44.2 Å².